The summed E-state index contributed by atoms with van der Waals surface area (Å²) in [5.74, 6) is 0. The van der Waals surface area contributed by atoms with Gasteiger partial charge in [-0.15, -0.1) is 0 Å². The van der Waals surface area contributed by atoms with Crippen LogP contribution in [0, 0.1) is 0 Å². The highest BCUT2D eigenvalue weighted by atomic mass is 14.9. The van der Waals surface area contributed by atoms with Gasteiger partial charge < -0.3 is 4.40 Å². The van der Waals surface area contributed by atoms with Gasteiger partial charge in [0.15, 0.2) is 0 Å². The molecule has 0 saturated carbocycles. The van der Waals surface area contributed by atoms with Crippen LogP contribution in [0.5, 0.6) is 0 Å². The van der Waals surface area contributed by atoms with Crippen molar-refractivity contribution in [2.45, 2.75) is 71.6 Å². The van der Waals surface area contributed by atoms with Crippen LogP contribution in [0.3, 0.4) is 0 Å². The Morgan fingerprint density at radius 2 is 0.929 bits per heavy atom. The van der Waals surface area contributed by atoms with Crippen LogP contribution < -0.4 is 0 Å². The predicted molar refractivity (Wildman–Crippen MR) is 242 cm³/mol. The first kappa shape index (κ1) is 33.4. The van der Waals surface area contributed by atoms with E-state index in [0.29, 0.717) is 0 Å². The Labute approximate surface area is 329 Å². The highest BCUT2D eigenvalue weighted by molar-refractivity contribution is 6.29. The largest absolute Gasteiger partial charge is 0.308 e. The number of benzene rings is 8. The summed E-state index contributed by atoms with van der Waals surface area (Å²) in [6.45, 7) is 18.5. The Morgan fingerprint density at radius 1 is 0.429 bits per heavy atom. The fourth-order valence-corrected chi connectivity index (χ4v) is 10.0. The van der Waals surface area contributed by atoms with Crippen molar-refractivity contribution in [3.8, 4) is 33.4 Å². The molecule has 8 aromatic carbocycles. The van der Waals surface area contributed by atoms with Gasteiger partial charge >= 0.3 is 0 Å². The number of rotatable bonds is 2. The summed E-state index contributed by atoms with van der Waals surface area (Å²) in [5, 5.41) is 10.5. The van der Waals surface area contributed by atoms with Crippen LogP contribution >= 0.6 is 0 Å². The van der Waals surface area contributed by atoms with Gasteiger partial charge in [-0.25, -0.2) is 0 Å². The molecule has 0 spiro atoms. The third-order valence-electron chi connectivity index (χ3n) is 13.2. The van der Waals surface area contributed by atoms with Gasteiger partial charge in [0.1, 0.15) is 0 Å². The standard InChI is InChI=1S/C55H47N/c1-53(2,3)40-21-17-32(18-22-40)34-13-15-36-29-48-43(27-38(36)25-34)45-31-44-42-11-9-10-12-47(42)55(7,8)51(44)50-46-28-39-26-35(33-19-23-41(24-20-33)54(4,5)6)14-16-37(39)30-49(46)56(48)52(45)50/h9-31H,1-8H3. The smallest absolute Gasteiger partial charge is 0.0624 e. The molecule has 0 N–H and O–H groups in total. The molecule has 0 fully saturated rings. The van der Waals surface area contributed by atoms with Crippen molar-refractivity contribution in [3.05, 3.63) is 162 Å². The van der Waals surface area contributed by atoms with Crippen LogP contribution in [0.25, 0.3) is 93.0 Å². The molecule has 0 saturated heterocycles. The summed E-state index contributed by atoms with van der Waals surface area (Å²) in [6.07, 6.45) is 0. The Balaban J connectivity index is 1.18. The second-order valence-electron chi connectivity index (χ2n) is 19.1. The van der Waals surface area contributed by atoms with Gasteiger partial charge in [-0.2, -0.15) is 0 Å². The van der Waals surface area contributed by atoms with Crippen molar-refractivity contribution in [1.29, 1.82) is 0 Å². The predicted octanol–water partition coefficient (Wildman–Crippen LogP) is 15.4. The van der Waals surface area contributed by atoms with Crippen LogP contribution in [0.15, 0.2) is 140 Å². The molecule has 0 amide bonds. The molecule has 0 aliphatic heterocycles. The van der Waals surface area contributed by atoms with E-state index >= 15 is 0 Å². The first-order valence-corrected chi connectivity index (χ1v) is 20.3. The third-order valence-corrected chi connectivity index (χ3v) is 13.2. The molecule has 272 valence electrons. The first-order chi connectivity index (χ1) is 26.8. The first-order valence-electron chi connectivity index (χ1n) is 20.3. The van der Waals surface area contributed by atoms with Crippen LogP contribution in [0.4, 0.5) is 0 Å². The van der Waals surface area contributed by atoms with Crippen molar-refractivity contribution < 1.29 is 0 Å². The van der Waals surface area contributed by atoms with Gasteiger partial charge in [-0.05, 0) is 130 Å². The Hall–Kier alpha value is -5.92. The maximum atomic E-state index is 2.59. The lowest BCUT2D eigenvalue weighted by Gasteiger charge is -2.22. The second kappa shape index (κ2) is 11.1. The number of aromatic nitrogens is 1. The van der Waals surface area contributed by atoms with E-state index in [1.807, 2.05) is 0 Å². The van der Waals surface area contributed by atoms with Gasteiger partial charge in [0.25, 0.3) is 0 Å². The SMILES string of the molecule is CC(C)(C)c1ccc(-c2ccc3cc4c(cc3c2)c2cc3c(c5c6cc7cc(-c8ccc(C(C)(C)C)cc8)ccc7cc6n4c25)C(C)(C)c2ccccc2-3)cc1. The molecular weight excluding hydrogens is 675 g/mol. The topological polar surface area (TPSA) is 4.41 Å². The molecule has 1 nitrogen and oxygen atoms in total. The Morgan fingerprint density at radius 3 is 1.48 bits per heavy atom. The molecule has 1 heteroatoms. The van der Waals surface area contributed by atoms with E-state index in [4.69, 9.17) is 0 Å². The fourth-order valence-electron chi connectivity index (χ4n) is 10.0. The van der Waals surface area contributed by atoms with Gasteiger partial charge in [0.05, 0.1) is 16.6 Å². The lowest BCUT2D eigenvalue weighted by Crippen LogP contribution is -2.15. The van der Waals surface area contributed by atoms with Crippen molar-refractivity contribution in [1.82, 2.24) is 4.40 Å². The second-order valence-corrected chi connectivity index (χ2v) is 19.1. The van der Waals surface area contributed by atoms with E-state index in [1.54, 1.807) is 0 Å². The van der Waals surface area contributed by atoms with Crippen LogP contribution in [0.1, 0.15) is 77.6 Å². The lowest BCUT2D eigenvalue weighted by molar-refractivity contribution is 0.590. The van der Waals surface area contributed by atoms with Gasteiger partial charge in [-0.1, -0.05) is 152 Å². The van der Waals surface area contributed by atoms with E-state index in [1.165, 1.54) is 115 Å². The quantitative estimate of drug-likeness (QED) is 0.167. The molecule has 0 radical (unpaired) electrons. The molecule has 0 unspecified atom stereocenters. The van der Waals surface area contributed by atoms with E-state index in [9.17, 15) is 0 Å². The van der Waals surface area contributed by atoms with Crippen molar-refractivity contribution in [2.75, 3.05) is 0 Å². The summed E-state index contributed by atoms with van der Waals surface area (Å²) < 4.78 is 2.59. The lowest BCUT2D eigenvalue weighted by atomic mass is 9.80. The number of hydrogen-bond donors (Lipinski definition) is 0. The zero-order valence-electron chi connectivity index (χ0n) is 33.7. The highest BCUT2D eigenvalue weighted by Gasteiger charge is 2.39. The monoisotopic (exact) mass is 721 g/mol. The van der Waals surface area contributed by atoms with E-state index in [-0.39, 0.29) is 16.2 Å². The molecule has 2 heterocycles. The van der Waals surface area contributed by atoms with E-state index in [2.05, 4.69) is 199 Å². The average Bonchev–Trinajstić information content (AvgIpc) is 3.76. The Kier molecular flexibility index (Phi) is 6.63. The number of nitrogens with zero attached hydrogens (tertiary/aromatic N) is 1. The number of fused-ring (bicyclic) bond motifs is 12. The maximum Gasteiger partial charge on any atom is 0.0624 e. The molecule has 2 aromatic heterocycles. The van der Waals surface area contributed by atoms with Crippen LogP contribution in [0.2, 0.25) is 0 Å². The maximum absolute atomic E-state index is 2.59. The molecule has 0 atom stereocenters. The van der Waals surface area contributed by atoms with Crippen LogP contribution in [-0.4, -0.2) is 4.40 Å². The summed E-state index contributed by atoms with van der Waals surface area (Å²) in [6, 6.07) is 53.8. The minimum atomic E-state index is -0.133. The zero-order chi connectivity index (χ0) is 38.5. The normalized spacial score (nSPS) is 14.2. The molecule has 56 heavy (non-hydrogen) atoms. The van der Waals surface area contributed by atoms with Crippen molar-refractivity contribution in [3.63, 3.8) is 0 Å². The molecule has 0 bridgehead atoms. The average molecular weight is 722 g/mol. The molecule has 10 aromatic rings. The summed E-state index contributed by atoms with van der Waals surface area (Å²) in [5.41, 5.74) is 17.4. The molecular formula is C55H47N. The third kappa shape index (κ3) is 4.67. The van der Waals surface area contributed by atoms with Crippen LogP contribution in [-0.2, 0) is 16.2 Å². The molecule has 1 aliphatic rings. The van der Waals surface area contributed by atoms with Gasteiger partial charge in [0.2, 0.25) is 0 Å². The van der Waals surface area contributed by atoms with Gasteiger partial charge in [-0.3, -0.25) is 0 Å². The summed E-state index contributed by atoms with van der Waals surface area (Å²) in [4.78, 5) is 0. The van der Waals surface area contributed by atoms with Crippen molar-refractivity contribution >= 4 is 59.6 Å². The number of hydrogen-bond acceptors (Lipinski definition) is 0. The minimum Gasteiger partial charge on any atom is -0.308 e. The summed E-state index contributed by atoms with van der Waals surface area (Å²) >= 11 is 0. The van der Waals surface area contributed by atoms with E-state index in [0.717, 1.165) is 0 Å². The van der Waals surface area contributed by atoms with E-state index < -0.39 is 0 Å². The van der Waals surface area contributed by atoms with Gasteiger partial charge in [0, 0.05) is 27.0 Å². The zero-order valence-corrected chi connectivity index (χ0v) is 33.7. The van der Waals surface area contributed by atoms with Crippen molar-refractivity contribution in [2.24, 2.45) is 0 Å². The molecule has 1 aliphatic carbocycles. The molecule has 11 rings (SSSR count). The summed E-state index contributed by atoms with van der Waals surface area (Å²) in [7, 11) is 0. The highest BCUT2D eigenvalue weighted by Crippen LogP contribution is 2.56. The Bertz CT molecular complexity index is 3250. The minimum absolute atomic E-state index is 0.131. The fraction of sp³-hybridized carbons (Fsp3) is 0.200.